The van der Waals surface area contributed by atoms with Gasteiger partial charge in [0.1, 0.15) is 11.9 Å². The largest absolute Gasteiger partial charge is 0.573 e. The van der Waals surface area contributed by atoms with Crippen molar-refractivity contribution in [2.75, 3.05) is 26.2 Å². The van der Waals surface area contributed by atoms with E-state index in [1.807, 2.05) is 18.3 Å². The zero-order chi connectivity index (χ0) is 23.5. The van der Waals surface area contributed by atoms with Crippen molar-refractivity contribution in [1.82, 2.24) is 14.6 Å². The third kappa shape index (κ3) is 6.46. The molecular formula is C22H26F3N3O4S. The van der Waals surface area contributed by atoms with Gasteiger partial charge in [-0.15, -0.1) is 23.9 Å². The molecule has 2 aliphatic rings. The van der Waals surface area contributed by atoms with Crippen LogP contribution in [0, 0.1) is 0 Å². The van der Waals surface area contributed by atoms with Crippen LogP contribution in [0.3, 0.4) is 0 Å². The van der Waals surface area contributed by atoms with Crippen molar-refractivity contribution in [3.63, 3.8) is 0 Å². The summed E-state index contributed by atoms with van der Waals surface area (Å²) in [6.07, 6.45) is 0.185. The van der Waals surface area contributed by atoms with Crippen LogP contribution >= 0.6 is 10.8 Å². The topological polar surface area (TPSA) is 90.4 Å². The molecule has 0 radical (unpaired) electrons. The van der Waals surface area contributed by atoms with Crippen LogP contribution in [0.4, 0.5) is 13.2 Å². The Morgan fingerprint density at radius 2 is 1.88 bits per heavy atom. The molecule has 1 atom stereocenters. The number of nitrogens with zero attached hydrogens (tertiary/aromatic N) is 2. The van der Waals surface area contributed by atoms with E-state index >= 15 is 0 Å². The van der Waals surface area contributed by atoms with E-state index in [0.29, 0.717) is 45.6 Å². The van der Waals surface area contributed by atoms with Gasteiger partial charge in [0.25, 0.3) is 0 Å². The monoisotopic (exact) mass is 485 g/mol. The molecule has 3 N–H and O–H groups in total. The second kappa shape index (κ2) is 10.00. The molecule has 33 heavy (non-hydrogen) atoms. The zero-order valence-electron chi connectivity index (χ0n) is 17.8. The van der Waals surface area contributed by atoms with E-state index in [2.05, 4.69) is 15.0 Å². The number of halogens is 3. The van der Waals surface area contributed by atoms with Crippen molar-refractivity contribution < 1.29 is 31.8 Å². The lowest BCUT2D eigenvalue weighted by molar-refractivity contribution is -0.274. The Kier molecular flexibility index (Phi) is 7.27. The van der Waals surface area contributed by atoms with Crippen LogP contribution < -0.4 is 10.1 Å². The molecule has 0 bridgehead atoms. The molecule has 4 rings (SSSR count). The molecule has 1 unspecified atom stereocenters. The number of rotatable bonds is 8. The summed E-state index contributed by atoms with van der Waals surface area (Å²) in [6, 6.07) is 8.59. The molecule has 0 saturated carbocycles. The van der Waals surface area contributed by atoms with Crippen LogP contribution in [0.25, 0.3) is 0 Å². The quantitative estimate of drug-likeness (QED) is 0.372. The van der Waals surface area contributed by atoms with Gasteiger partial charge in [0, 0.05) is 38.6 Å². The van der Waals surface area contributed by atoms with E-state index in [4.69, 9.17) is 4.74 Å². The van der Waals surface area contributed by atoms with E-state index in [-0.39, 0.29) is 11.0 Å². The maximum Gasteiger partial charge on any atom is 0.573 e. The number of benzene rings is 1. The van der Waals surface area contributed by atoms with E-state index in [1.165, 1.54) is 23.3 Å². The third-order valence-corrected chi connectivity index (χ3v) is 7.59. The lowest BCUT2D eigenvalue weighted by atomic mass is 9.97. The second-order valence-electron chi connectivity index (χ2n) is 7.88. The minimum absolute atomic E-state index is 0.106. The summed E-state index contributed by atoms with van der Waals surface area (Å²) in [5.41, 5.74) is 3.55. The van der Waals surface area contributed by atoms with Gasteiger partial charge < -0.3 is 14.8 Å². The molecule has 2 fully saturated rings. The number of piperidine rings is 1. The maximum absolute atomic E-state index is 12.3. The van der Waals surface area contributed by atoms with E-state index in [0.717, 1.165) is 17.7 Å². The number of hydrogen-bond donors (Lipinski definition) is 3. The first-order valence-electron chi connectivity index (χ1n) is 10.5. The Labute approximate surface area is 191 Å². The third-order valence-electron chi connectivity index (χ3n) is 5.60. The predicted octanol–water partition coefficient (Wildman–Crippen LogP) is 4.59. The van der Waals surface area contributed by atoms with Crippen molar-refractivity contribution in [2.24, 2.45) is 0 Å². The van der Waals surface area contributed by atoms with E-state index < -0.39 is 22.9 Å². The Balaban J connectivity index is 1.36. The van der Waals surface area contributed by atoms with E-state index in [9.17, 15) is 22.3 Å². The molecule has 3 heterocycles. The van der Waals surface area contributed by atoms with Crippen LogP contribution in [0.1, 0.15) is 18.4 Å². The fourth-order valence-corrected chi connectivity index (χ4v) is 5.36. The zero-order valence-corrected chi connectivity index (χ0v) is 18.6. The number of nitrogens with one attached hydrogen (secondary N) is 1. The average molecular weight is 486 g/mol. The fourth-order valence-electron chi connectivity index (χ4n) is 3.86. The van der Waals surface area contributed by atoms with Crippen molar-refractivity contribution in [3.8, 4) is 5.75 Å². The minimum Gasteiger partial charge on any atom is -0.406 e. The second-order valence-corrected chi connectivity index (χ2v) is 9.91. The highest BCUT2D eigenvalue weighted by molar-refractivity contribution is 8.22. The maximum atomic E-state index is 12.3. The molecular weight excluding hydrogens is 459 g/mol. The molecule has 7 nitrogen and oxygen atoms in total. The molecule has 0 aliphatic carbocycles. The van der Waals surface area contributed by atoms with Gasteiger partial charge in [-0.05, 0) is 54.3 Å². The molecule has 2 aliphatic heterocycles. The Bertz CT molecular complexity index is 957. The van der Waals surface area contributed by atoms with Crippen LogP contribution in [0.5, 0.6) is 5.75 Å². The van der Waals surface area contributed by atoms with Gasteiger partial charge in [-0.1, -0.05) is 11.6 Å². The Morgan fingerprint density at radius 1 is 1.18 bits per heavy atom. The van der Waals surface area contributed by atoms with Crippen molar-refractivity contribution in [2.45, 2.75) is 36.7 Å². The lowest BCUT2D eigenvalue weighted by Crippen LogP contribution is -2.34. The number of epoxide rings is 1. The van der Waals surface area contributed by atoms with Gasteiger partial charge >= 0.3 is 6.36 Å². The smallest absolute Gasteiger partial charge is 0.406 e. The normalized spacial score (nSPS) is 19.9. The molecule has 1 aromatic carbocycles. The van der Waals surface area contributed by atoms with E-state index in [1.54, 1.807) is 10.5 Å². The highest BCUT2D eigenvalue weighted by atomic mass is 32.3. The molecule has 180 valence electrons. The number of aromatic nitrogens is 1. The van der Waals surface area contributed by atoms with Crippen LogP contribution in [-0.2, 0) is 11.3 Å². The van der Waals surface area contributed by atoms with Gasteiger partial charge in [-0.2, -0.15) is 0 Å². The van der Waals surface area contributed by atoms with Gasteiger partial charge in [0.05, 0.1) is 11.5 Å². The molecule has 1 aromatic heterocycles. The Hall–Kier alpha value is -2.15. The van der Waals surface area contributed by atoms with Crippen molar-refractivity contribution >= 4 is 10.8 Å². The first-order chi connectivity index (χ1) is 15.7. The molecule has 2 aromatic rings. The summed E-state index contributed by atoms with van der Waals surface area (Å²) in [7, 11) is -3.31. The molecule has 0 amide bonds. The van der Waals surface area contributed by atoms with Crippen LogP contribution in [0.2, 0.25) is 0 Å². The number of hydrogen-bond acceptors (Lipinski definition) is 7. The van der Waals surface area contributed by atoms with Gasteiger partial charge in [-0.3, -0.25) is 14.1 Å². The minimum atomic E-state index is -4.80. The first kappa shape index (κ1) is 24.0. The van der Waals surface area contributed by atoms with Gasteiger partial charge in [0.15, 0.2) is 0 Å². The van der Waals surface area contributed by atoms with Crippen LogP contribution in [-0.4, -0.2) is 57.1 Å². The summed E-state index contributed by atoms with van der Waals surface area (Å²) in [5.74, 6) is -0.404. The molecule has 11 heteroatoms. The standard InChI is InChI=1S/C22H26F3N3O4S/c23-22(24,25)32-18-3-5-19(6-4-18)33(29,30)28-10-7-17(8-11-28)20(21-15-31-21)14-27-13-16-2-1-9-26-12-16/h1-6,9,12,21,27,29-30H,7-8,10-11,13-15H2. The highest BCUT2D eigenvalue weighted by Gasteiger charge is 2.34. The van der Waals surface area contributed by atoms with Gasteiger partial charge in [0.2, 0.25) is 0 Å². The number of pyridine rings is 1. The summed E-state index contributed by atoms with van der Waals surface area (Å²) >= 11 is 0. The van der Waals surface area contributed by atoms with Crippen molar-refractivity contribution in [1.29, 1.82) is 0 Å². The summed E-state index contributed by atoms with van der Waals surface area (Å²) < 4.78 is 69.6. The number of ether oxygens (including phenoxy) is 2. The summed E-state index contributed by atoms with van der Waals surface area (Å²) in [6.45, 7) is 2.93. The summed E-state index contributed by atoms with van der Waals surface area (Å²) in [5, 5.41) is 3.43. The van der Waals surface area contributed by atoms with Crippen molar-refractivity contribution in [3.05, 3.63) is 65.5 Å². The fraction of sp³-hybridized carbons (Fsp3) is 0.409. The SMILES string of the molecule is OS(O)(c1ccc(OC(F)(F)F)cc1)N1CCC(=C(CNCc2cccnc2)C2CO2)CC1. The Morgan fingerprint density at radius 3 is 2.45 bits per heavy atom. The number of alkyl halides is 3. The summed E-state index contributed by atoms with van der Waals surface area (Å²) in [4.78, 5) is 4.27. The predicted molar refractivity (Wildman–Crippen MR) is 118 cm³/mol. The average Bonchev–Trinajstić information content (AvgIpc) is 3.62. The molecule has 2 saturated heterocycles. The van der Waals surface area contributed by atoms with Crippen LogP contribution in [0.15, 0.2) is 64.8 Å². The first-order valence-corrected chi connectivity index (χ1v) is 12.0. The molecule has 0 spiro atoms. The highest BCUT2D eigenvalue weighted by Crippen LogP contribution is 2.53. The lowest BCUT2D eigenvalue weighted by Gasteiger charge is -2.45. The van der Waals surface area contributed by atoms with Gasteiger partial charge in [-0.25, -0.2) is 4.31 Å².